The van der Waals surface area contributed by atoms with E-state index in [1.807, 2.05) is 36.4 Å². The second-order valence-corrected chi connectivity index (χ2v) is 13.4. The van der Waals surface area contributed by atoms with Crippen LogP contribution >= 0.6 is 0 Å². The molecule has 1 aromatic heterocycles. The van der Waals surface area contributed by atoms with Crippen molar-refractivity contribution in [3.8, 4) is 23.1 Å². The van der Waals surface area contributed by atoms with E-state index in [2.05, 4.69) is 126 Å². The molecule has 2 atom stereocenters. The SMILES string of the molecule is CC(C)(C)c1cc(Oc2[c-]c(Oc3ccccn3)ccc2)[c-]c([N+]23[CH-][N@+]2(c2cccc(C(C)(C)C)c2)c2ccccc23)c1.[Pt]. The van der Waals surface area contributed by atoms with E-state index < -0.39 is 0 Å². The molecule has 0 amide bonds. The van der Waals surface area contributed by atoms with Gasteiger partial charge in [-0.1, -0.05) is 84.0 Å². The van der Waals surface area contributed by atoms with Crippen LogP contribution in [0.3, 0.4) is 0 Å². The normalized spacial score (nSPS) is 20.0. The van der Waals surface area contributed by atoms with Gasteiger partial charge in [0, 0.05) is 74.8 Å². The maximum Gasteiger partial charge on any atom is 0.225 e. The zero-order valence-electron chi connectivity index (χ0n) is 25.9. The minimum absolute atomic E-state index is 0. The average Bonchev–Trinajstić information content (AvgIpc) is 3.60. The van der Waals surface area contributed by atoms with Crippen LogP contribution in [-0.4, -0.2) is 4.98 Å². The second-order valence-electron chi connectivity index (χ2n) is 13.4. The smallest absolute Gasteiger partial charge is 0.225 e. The van der Waals surface area contributed by atoms with Gasteiger partial charge in [0.05, 0.1) is 5.69 Å². The Bertz CT molecular complexity index is 1840. The number of benzene rings is 4. The molecule has 0 saturated carbocycles. The van der Waals surface area contributed by atoms with E-state index in [1.54, 1.807) is 6.20 Å². The molecule has 1 unspecified atom stereocenters. The van der Waals surface area contributed by atoms with Gasteiger partial charge in [0.15, 0.2) is 12.4 Å². The van der Waals surface area contributed by atoms with E-state index in [-0.39, 0.29) is 31.9 Å². The van der Waals surface area contributed by atoms with Crippen molar-refractivity contribution in [2.24, 2.45) is 0 Å². The first kappa shape index (κ1) is 30.3. The maximum atomic E-state index is 6.46. The zero-order valence-corrected chi connectivity index (χ0v) is 28.1. The third-order valence-electron chi connectivity index (χ3n) is 8.38. The summed E-state index contributed by atoms with van der Waals surface area (Å²) >= 11 is 0. The molecule has 2 aliphatic rings. The second kappa shape index (κ2) is 10.7. The van der Waals surface area contributed by atoms with Gasteiger partial charge >= 0.3 is 0 Å². The monoisotopic (exact) mass is 761 g/mol. The molecule has 7 rings (SSSR count). The van der Waals surface area contributed by atoms with E-state index in [1.165, 1.54) is 28.2 Å². The summed E-state index contributed by atoms with van der Waals surface area (Å²) in [5.74, 6) is 2.25. The van der Waals surface area contributed by atoms with E-state index >= 15 is 0 Å². The Morgan fingerprint density at radius 3 is 1.95 bits per heavy atom. The summed E-state index contributed by atoms with van der Waals surface area (Å²) in [6.45, 7) is 15.9. The summed E-state index contributed by atoms with van der Waals surface area (Å²) in [6.07, 6.45) is 1.70. The predicted molar refractivity (Wildman–Crippen MR) is 172 cm³/mol. The first-order chi connectivity index (χ1) is 20.5. The Balaban J connectivity index is 0.00000343. The molecule has 5 aromatic rings. The van der Waals surface area contributed by atoms with Gasteiger partial charge in [-0.15, -0.1) is 29.8 Å². The fourth-order valence-electron chi connectivity index (χ4n) is 6.00. The fraction of sp³-hybridized carbons (Fsp3) is 0.211. The molecule has 0 aliphatic carbocycles. The van der Waals surface area contributed by atoms with Crippen LogP contribution in [0.25, 0.3) is 0 Å². The largest absolute Gasteiger partial charge is 0.509 e. The number of quaternary nitrogens is 2. The Hall–Kier alpha value is -3.76. The van der Waals surface area contributed by atoms with Crippen molar-refractivity contribution in [1.82, 2.24) is 14.2 Å². The topological polar surface area (TPSA) is 31.4 Å². The zero-order chi connectivity index (χ0) is 30.0. The third kappa shape index (κ3) is 4.88. The Kier molecular flexibility index (Phi) is 7.36. The first-order valence-electron chi connectivity index (χ1n) is 14.7. The molecule has 6 heteroatoms. The van der Waals surface area contributed by atoms with Crippen LogP contribution in [0.1, 0.15) is 52.7 Å². The average molecular weight is 762 g/mol. The molecule has 0 bridgehead atoms. The summed E-state index contributed by atoms with van der Waals surface area (Å²) in [5.41, 5.74) is 7.29. The Labute approximate surface area is 275 Å². The van der Waals surface area contributed by atoms with Crippen molar-refractivity contribution in [3.63, 3.8) is 0 Å². The minimum atomic E-state index is -0.101. The number of nitrogens with zero attached hydrogens (tertiary/aromatic N) is 3. The molecule has 2 aliphatic heterocycles. The number of ether oxygens (including phenoxy) is 2. The number of aromatic nitrogens is 1. The molecule has 1 saturated heterocycles. The van der Waals surface area contributed by atoms with Crippen LogP contribution in [0.15, 0.2) is 103 Å². The van der Waals surface area contributed by atoms with Gasteiger partial charge in [-0.3, -0.25) is 0 Å². The Morgan fingerprint density at radius 2 is 1.27 bits per heavy atom. The quantitative estimate of drug-likeness (QED) is 0.0981. The van der Waals surface area contributed by atoms with Crippen molar-refractivity contribution in [2.75, 3.05) is 0 Å². The van der Waals surface area contributed by atoms with Crippen LogP contribution in [0.5, 0.6) is 23.1 Å². The van der Waals surface area contributed by atoms with E-state index in [0.717, 1.165) is 5.69 Å². The van der Waals surface area contributed by atoms with Crippen molar-refractivity contribution in [3.05, 3.63) is 133 Å². The van der Waals surface area contributed by atoms with Crippen molar-refractivity contribution >= 4 is 22.7 Å². The molecule has 0 radical (unpaired) electrons. The number of pyridine rings is 1. The van der Waals surface area contributed by atoms with Crippen LogP contribution in [0, 0.1) is 18.8 Å². The standard InChI is InChI=1S/C38H36N3O2.Pt/c1-37(2,3)27-13-11-14-29(21-27)40-26-41(40,35-18-8-7-17-34(35)40)30-22-28(38(4,5)6)23-33(24-30)42-31-15-12-16-32(25-31)43-36-19-9-10-20-39-36;/h7-23,26H,1-6H3;/q-1;/t40-,41?;/m0./s1. The fourth-order valence-corrected chi connectivity index (χ4v) is 6.00. The van der Waals surface area contributed by atoms with Gasteiger partial charge in [0.25, 0.3) is 0 Å². The number of hydrogen-bond donors (Lipinski definition) is 0. The Morgan fingerprint density at radius 1 is 0.614 bits per heavy atom. The molecule has 44 heavy (non-hydrogen) atoms. The van der Waals surface area contributed by atoms with Gasteiger partial charge < -0.3 is 9.47 Å². The molecule has 1 fully saturated rings. The maximum absolute atomic E-state index is 6.46. The van der Waals surface area contributed by atoms with Crippen molar-refractivity contribution in [1.29, 1.82) is 0 Å². The van der Waals surface area contributed by atoms with Gasteiger partial charge in [-0.25, -0.2) is 9.58 Å². The summed E-state index contributed by atoms with van der Waals surface area (Å²) in [7, 11) is 0. The third-order valence-corrected chi connectivity index (χ3v) is 8.38. The molecule has 5 nitrogen and oxygen atoms in total. The number of para-hydroxylation sites is 2. The summed E-state index contributed by atoms with van der Waals surface area (Å²) in [6, 6.07) is 40.2. The summed E-state index contributed by atoms with van der Waals surface area (Å²) in [5, 5.41) is 0. The molecular weight excluding hydrogens is 726 g/mol. The molecule has 4 aromatic carbocycles. The molecule has 0 spiro atoms. The van der Waals surface area contributed by atoms with Crippen molar-refractivity contribution in [2.45, 2.75) is 52.4 Å². The van der Waals surface area contributed by atoms with Gasteiger partial charge in [-0.05, 0) is 22.5 Å². The van der Waals surface area contributed by atoms with E-state index in [0.29, 0.717) is 32.3 Å². The van der Waals surface area contributed by atoms with Crippen LogP contribution in [0.2, 0.25) is 0 Å². The first-order valence-corrected chi connectivity index (χ1v) is 14.7. The summed E-state index contributed by atoms with van der Waals surface area (Å²) < 4.78 is 13.6. The molecule has 0 N–H and O–H groups in total. The number of fused-ring (bicyclic) bond motifs is 4. The van der Waals surface area contributed by atoms with Gasteiger partial charge in [-0.2, -0.15) is 10.7 Å². The van der Waals surface area contributed by atoms with Crippen LogP contribution in [-0.2, 0) is 31.9 Å². The van der Waals surface area contributed by atoms with E-state index in [9.17, 15) is 0 Å². The predicted octanol–water partition coefficient (Wildman–Crippen LogP) is 10.2. The van der Waals surface area contributed by atoms with Crippen LogP contribution in [0.4, 0.5) is 22.7 Å². The minimum Gasteiger partial charge on any atom is -0.509 e. The summed E-state index contributed by atoms with van der Waals surface area (Å²) in [4.78, 5) is 4.26. The molecule has 3 heterocycles. The molecular formula is C38H36N3O2Pt-. The van der Waals surface area contributed by atoms with Crippen LogP contribution < -0.4 is 18.7 Å². The molecule has 226 valence electrons. The van der Waals surface area contributed by atoms with Gasteiger partial charge in [0.2, 0.25) is 17.3 Å². The number of hydrogen-bond acceptors (Lipinski definition) is 3. The van der Waals surface area contributed by atoms with Crippen molar-refractivity contribution < 1.29 is 30.5 Å². The van der Waals surface area contributed by atoms with E-state index in [4.69, 9.17) is 9.47 Å². The van der Waals surface area contributed by atoms with Gasteiger partial charge in [0.1, 0.15) is 0 Å². The number of rotatable bonds is 6.